The van der Waals surface area contributed by atoms with Crippen LogP contribution in [0.4, 0.5) is 8.78 Å². The number of fused-ring (bicyclic) bond motifs is 1. The standard InChI is InChI=1S/C9H14O2.C8H10F2O/c1-8-3-2-4-9(7-8)10-5-6-11-9;1-7-4-5(11)2-3-6(7)8(7,9)10/h3H,2,4-7H2,1H3;6H,2-4H2,1H3. The van der Waals surface area contributed by atoms with Crippen molar-refractivity contribution in [3.8, 4) is 0 Å². The van der Waals surface area contributed by atoms with Crippen LogP contribution in [0.2, 0.25) is 0 Å². The molecule has 3 nitrogen and oxygen atoms in total. The van der Waals surface area contributed by atoms with Crippen molar-refractivity contribution in [2.45, 2.75) is 64.1 Å². The number of alkyl halides is 2. The molecule has 0 bridgehead atoms. The zero-order chi connectivity index (χ0) is 16.0. The van der Waals surface area contributed by atoms with E-state index in [1.54, 1.807) is 0 Å². The third kappa shape index (κ3) is 2.62. The Balaban J connectivity index is 0.000000131. The lowest BCUT2D eigenvalue weighted by Crippen LogP contribution is -2.32. The molecule has 2 unspecified atom stereocenters. The third-order valence-electron chi connectivity index (χ3n) is 5.54. The Morgan fingerprint density at radius 1 is 1.23 bits per heavy atom. The molecule has 1 spiro atoms. The Morgan fingerprint density at radius 3 is 2.45 bits per heavy atom. The number of Topliss-reactive ketones (excluding diaryl/α,β-unsaturated/α-hetero) is 1. The van der Waals surface area contributed by atoms with Gasteiger partial charge in [-0.2, -0.15) is 0 Å². The first-order valence-electron chi connectivity index (χ1n) is 8.12. The smallest absolute Gasteiger partial charge is 0.257 e. The first-order chi connectivity index (χ1) is 10.3. The minimum absolute atomic E-state index is 0.000856. The summed E-state index contributed by atoms with van der Waals surface area (Å²) in [5.41, 5.74) is 0.431. The van der Waals surface area contributed by atoms with E-state index < -0.39 is 17.3 Å². The van der Waals surface area contributed by atoms with Crippen LogP contribution in [-0.2, 0) is 14.3 Å². The number of halogens is 2. The normalized spacial score (nSPS) is 37.9. The van der Waals surface area contributed by atoms with Gasteiger partial charge in [-0.1, -0.05) is 18.6 Å². The largest absolute Gasteiger partial charge is 0.347 e. The first-order valence-corrected chi connectivity index (χ1v) is 8.12. The minimum atomic E-state index is -2.56. The van der Waals surface area contributed by atoms with E-state index in [4.69, 9.17) is 9.47 Å². The molecule has 1 heterocycles. The number of hydrogen-bond donors (Lipinski definition) is 0. The van der Waals surface area contributed by atoms with Gasteiger partial charge in [0.15, 0.2) is 5.79 Å². The zero-order valence-corrected chi connectivity index (χ0v) is 13.3. The van der Waals surface area contributed by atoms with Crippen LogP contribution in [0.5, 0.6) is 0 Å². The third-order valence-corrected chi connectivity index (χ3v) is 5.54. The number of ether oxygens (including phenoxy) is 2. The molecule has 124 valence electrons. The number of carbonyl (C=O) groups is 1. The van der Waals surface area contributed by atoms with Crippen molar-refractivity contribution in [1.82, 2.24) is 0 Å². The monoisotopic (exact) mass is 314 g/mol. The molecular formula is C17H24F2O3. The zero-order valence-electron chi connectivity index (χ0n) is 13.3. The summed E-state index contributed by atoms with van der Waals surface area (Å²) in [6.07, 6.45) is 6.21. The molecule has 0 radical (unpaired) electrons. The fourth-order valence-corrected chi connectivity index (χ4v) is 4.09. The lowest BCUT2D eigenvalue weighted by Gasteiger charge is -2.30. The highest BCUT2D eigenvalue weighted by atomic mass is 19.3. The molecule has 3 aliphatic carbocycles. The van der Waals surface area contributed by atoms with Gasteiger partial charge in [0.05, 0.1) is 13.2 Å². The quantitative estimate of drug-likeness (QED) is 0.637. The molecule has 3 fully saturated rings. The van der Waals surface area contributed by atoms with Gasteiger partial charge >= 0.3 is 0 Å². The second-order valence-corrected chi connectivity index (χ2v) is 7.22. The number of ketones is 1. The van der Waals surface area contributed by atoms with Crippen LogP contribution >= 0.6 is 0 Å². The van der Waals surface area contributed by atoms with Crippen LogP contribution in [0.3, 0.4) is 0 Å². The van der Waals surface area contributed by atoms with Gasteiger partial charge in [0, 0.05) is 37.0 Å². The number of rotatable bonds is 0. The molecule has 0 aromatic heterocycles. The van der Waals surface area contributed by atoms with E-state index in [-0.39, 0.29) is 18.0 Å². The topological polar surface area (TPSA) is 35.5 Å². The average molecular weight is 314 g/mol. The maximum Gasteiger partial charge on any atom is 0.257 e. The van der Waals surface area contributed by atoms with Crippen molar-refractivity contribution in [1.29, 1.82) is 0 Å². The van der Waals surface area contributed by atoms with E-state index in [0.717, 1.165) is 32.5 Å². The number of hydrogen-bond acceptors (Lipinski definition) is 3. The SMILES string of the molecule is CC12CC(=O)CCC1C2(F)F.CC1=CCCC2(C1)OCCO2. The van der Waals surface area contributed by atoms with Crippen molar-refractivity contribution >= 4 is 5.78 Å². The van der Waals surface area contributed by atoms with Gasteiger partial charge in [-0.15, -0.1) is 0 Å². The van der Waals surface area contributed by atoms with E-state index >= 15 is 0 Å². The Morgan fingerprint density at radius 2 is 1.91 bits per heavy atom. The van der Waals surface area contributed by atoms with Gasteiger partial charge in [0.2, 0.25) is 0 Å². The molecule has 4 rings (SSSR count). The molecule has 22 heavy (non-hydrogen) atoms. The van der Waals surface area contributed by atoms with Crippen molar-refractivity contribution < 1.29 is 23.0 Å². The summed E-state index contributed by atoms with van der Waals surface area (Å²) in [5, 5.41) is 0. The van der Waals surface area contributed by atoms with Crippen LogP contribution < -0.4 is 0 Å². The predicted molar refractivity (Wildman–Crippen MR) is 77.6 cm³/mol. The first kappa shape index (κ1) is 16.1. The summed E-state index contributed by atoms with van der Waals surface area (Å²) in [6, 6.07) is 0. The molecule has 0 N–H and O–H groups in total. The summed E-state index contributed by atoms with van der Waals surface area (Å²) >= 11 is 0. The molecule has 2 saturated carbocycles. The van der Waals surface area contributed by atoms with Crippen molar-refractivity contribution in [3.05, 3.63) is 11.6 Å². The minimum Gasteiger partial charge on any atom is -0.347 e. The summed E-state index contributed by atoms with van der Waals surface area (Å²) in [4.78, 5) is 10.9. The van der Waals surface area contributed by atoms with Crippen LogP contribution in [0, 0.1) is 11.3 Å². The van der Waals surface area contributed by atoms with Gasteiger partial charge < -0.3 is 9.47 Å². The summed E-state index contributed by atoms with van der Waals surface area (Å²) < 4.78 is 37.0. The van der Waals surface area contributed by atoms with Crippen LogP contribution in [-0.4, -0.2) is 30.7 Å². The van der Waals surface area contributed by atoms with E-state index in [0.29, 0.717) is 12.8 Å². The van der Waals surface area contributed by atoms with Crippen molar-refractivity contribution in [3.63, 3.8) is 0 Å². The van der Waals surface area contributed by atoms with Crippen LogP contribution in [0.15, 0.2) is 11.6 Å². The second-order valence-electron chi connectivity index (χ2n) is 7.22. The van der Waals surface area contributed by atoms with Crippen LogP contribution in [0.25, 0.3) is 0 Å². The molecule has 1 aliphatic heterocycles. The second kappa shape index (κ2) is 5.38. The summed E-state index contributed by atoms with van der Waals surface area (Å²) in [5.74, 6) is -3.29. The number of carbonyl (C=O) groups excluding carboxylic acids is 1. The summed E-state index contributed by atoms with van der Waals surface area (Å²) in [7, 11) is 0. The highest BCUT2D eigenvalue weighted by molar-refractivity contribution is 5.81. The van der Waals surface area contributed by atoms with Crippen LogP contribution in [0.1, 0.15) is 52.4 Å². The molecule has 5 heteroatoms. The Kier molecular flexibility index (Phi) is 3.92. The van der Waals surface area contributed by atoms with Crippen molar-refractivity contribution in [2.24, 2.45) is 11.3 Å². The Hall–Kier alpha value is -0.810. The van der Waals surface area contributed by atoms with Crippen molar-refractivity contribution in [2.75, 3.05) is 13.2 Å². The Labute approximate surface area is 130 Å². The molecular weight excluding hydrogens is 290 g/mol. The van der Waals surface area contributed by atoms with Gasteiger partial charge in [-0.05, 0) is 19.8 Å². The Bertz CT molecular complexity index is 494. The molecule has 0 amide bonds. The maximum atomic E-state index is 12.9. The molecule has 4 aliphatic rings. The number of allylic oxidation sites excluding steroid dienone is 1. The lowest BCUT2D eigenvalue weighted by atomic mass is 9.89. The fraction of sp³-hybridized carbons (Fsp3) is 0.824. The highest BCUT2D eigenvalue weighted by Crippen LogP contribution is 2.71. The maximum absolute atomic E-state index is 12.9. The van der Waals surface area contributed by atoms with Gasteiger partial charge in [-0.3, -0.25) is 4.79 Å². The predicted octanol–water partition coefficient (Wildman–Crippen LogP) is 3.87. The van der Waals surface area contributed by atoms with E-state index in [9.17, 15) is 13.6 Å². The summed E-state index contributed by atoms with van der Waals surface area (Å²) in [6.45, 7) is 5.21. The average Bonchev–Trinajstić information content (AvgIpc) is 2.75. The van der Waals surface area contributed by atoms with Gasteiger partial charge in [0.1, 0.15) is 5.78 Å². The van der Waals surface area contributed by atoms with E-state index in [1.165, 1.54) is 12.5 Å². The fourth-order valence-electron chi connectivity index (χ4n) is 4.09. The molecule has 0 aromatic carbocycles. The van der Waals surface area contributed by atoms with E-state index in [1.807, 2.05) is 0 Å². The lowest BCUT2D eigenvalue weighted by molar-refractivity contribution is -0.162. The highest BCUT2D eigenvalue weighted by Gasteiger charge is 2.78. The van der Waals surface area contributed by atoms with E-state index in [2.05, 4.69) is 13.0 Å². The molecule has 0 aromatic rings. The molecule has 1 saturated heterocycles. The molecule has 2 atom stereocenters. The van der Waals surface area contributed by atoms with Gasteiger partial charge in [0.25, 0.3) is 5.92 Å². The van der Waals surface area contributed by atoms with Gasteiger partial charge in [-0.25, -0.2) is 8.78 Å².